The molecule has 0 saturated heterocycles. The Morgan fingerprint density at radius 3 is 1.63 bits per heavy atom. The summed E-state index contributed by atoms with van der Waals surface area (Å²) in [6.07, 6.45) is -1.04. The van der Waals surface area contributed by atoms with Gasteiger partial charge in [0.05, 0.1) is 39.6 Å². The molecule has 206 valence electrons. The molecule has 0 aliphatic carbocycles. The highest BCUT2D eigenvalue weighted by atomic mass is 16.5. The zero-order valence-electron chi connectivity index (χ0n) is 22.5. The van der Waals surface area contributed by atoms with E-state index in [1.807, 2.05) is 92.7 Å². The van der Waals surface area contributed by atoms with Crippen LogP contribution in [0.2, 0.25) is 0 Å². The summed E-state index contributed by atoms with van der Waals surface area (Å²) in [6.45, 7) is 6.44. The molecule has 0 aliphatic heterocycles. The summed E-state index contributed by atoms with van der Waals surface area (Å²) in [5, 5.41) is 28.4. The van der Waals surface area contributed by atoms with Gasteiger partial charge < -0.3 is 34.3 Å². The highest BCUT2D eigenvalue weighted by Crippen LogP contribution is 2.35. The Labute approximate surface area is 225 Å². The van der Waals surface area contributed by atoms with Crippen LogP contribution in [0.25, 0.3) is 0 Å². The maximum Gasteiger partial charge on any atom is 0.119 e. The van der Waals surface area contributed by atoms with Gasteiger partial charge in [0.15, 0.2) is 0 Å². The minimum absolute atomic E-state index is 0.0605. The van der Waals surface area contributed by atoms with Gasteiger partial charge in [-0.3, -0.25) is 0 Å². The van der Waals surface area contributed by atoms with Crippen molar-refractivity contribution in [2.75, 3.05) is 33.0 Å². The van der Waals surface area contributed by atoms with Gasteiger partial charge in [-0.25, -0.2) is 0 Å². The first kappa shape index (κ1) is 29.6. The third-order valence-corrected chi connectivity index (χ3v) is 6.40. The topological polar surface area (TPSA) is 97.6 Å². The fraction of sp³-hybridized carbons (Fsp3) is 0.419. The quantitative estimate of drug-likeness (QED) is 0.260. The van der Waals surface area contributed by atoms with Gasteiger partial charge in [-0.15, -0.1) is 0 Å². The molecule has 3 unspecified atom stereocenters. The van der Waals surface area contributed by atoms with E-state index in [1.165, 1.54) is 0 Å². The molecule has 0 radical (unpaired) electrons. The van der Waals surface area contributed by atoms with E-state index in [2.05, 4.69) is 6.92 Å². The second-order valence-electron chi connectivity index (χ2n) is 9.72. The molecule has 3 aromatic rings. The molecule has 7 heteroatoms. The lowest BCUT2D eigenvalue weighted by Gasteiger charge is -2.32. The number of aliphatic hydroxyl groups is 3. The second-order valence-corrected chi connectivity index (χ2v) is 9.72. The van der Waals surface area contributed by atoms with Gasteiger partial charge >= 0.3 is 0 Å². The van der Waals surface area contributed by atoms with Crippen molar-refractivity contribution in [2.45, 2.75) is 51.1 Å². The van der Waals surface area contributed by atoms with Gasteiger partial charge in [0, 0.05) is 5.41 Å². The Hall–Kier alpha value is -2.94. The summed E-state index contributed by atoms with van der Waals surface area (Å²) in [6, 6.07) is 25.4. The number of ether oxygens (including phenoxy) is 4. The van der Waals surface area contributed by atoms with E-state index < -0.39 is 11.5 Å². The summed E-state index contributed by atoms with van der Waals surface area (Å²) >= 11 is 0. The summed E-state index contributed by atoms with van der Waals surface area (Å²) in [7, 11) is 0. The number of aliphatic hydroxyl groups excluding tert-OH is 3. The highest BCUT2D eigenvalue weighted by Gasteiger charge is 2.30. The zero-order valence-corrected chi connectivity index (χ0v) is 22.5. The fourth-order valence-corrected chi connectivity index (χ4v) is 4.01. The van der Waals surface area contributed by atoms with Gasteiger partial charge in [-0.1, -0.05) is 54.6 Å². The normalized spacial score (nSPS) is 15.3. The van der Waals surface area contributed by atoms with Crippen molar-refractivity contribution >= 4 is 0 Å². The van der Waals surface area contributed by atoms with Crippen molar-refractivity contribution in [3.8, 4) is 11.5 Å². The number of rotatable bonds is 16. The smallest absolute Gasteiger partial charge is 0.119 e. The average Bonchev–Trinajstić information content (AvgIpc) is 2.95. The van der Waals surface area contributed by atoms with Crippen molar-refractivity contribution in [1.82, 2.24) is 0 Å². The predicted octanol–water partition coefficient (Wildman–Crippen LogP) is 4.11. The number of hydrogen-bond acceptors (Lipinski definition) is 7. The Morgan fingerprint density at radius 2 is 1.18 bits per heavy atom. The van der Waals surface area contributed by atoms with Crippen LogP contribution in [-0.4, -0.2) is 66.7 Å². The maximum atomic E-state index is 9.84. The van der Waals surface area contributed by atoms with Crippen LogP contribution in [0.3, 0.4) is 0 Å². The second kappa shape index (κ2) is 14.9. The summed E-state index contributed by atoms with van der Waals surface area (Å²) in [5.41, 5.74) is 2.54. The molecule has 0 saturated carbocycles. The van der Waals surface area contributed by atoms with E-state index >= 15 is 0 Å². The Morgan fingerprint density at radius 1 is 0.684 bits per heavy atom. The largest absolute Gasteiger partial charge is 0.488 e. The van der Waals surface area contributed by atoms with Crippen LogP contribution >= 0.6 is 0 Å². The fourth-order valence-electron chi connectivity index (χ4n) is 4.01. The Balaban J connectivity index is 1.75. The summed E-state index contributed by atoms with van der Waals surface area (Å²) in [5.74, 6) is 1.35. The first-order chi connectivity index (χ1) is 18.4. The third-order valence-electron chi connectivity index (χ3n) is 6.40. The molecule has 3 N–H and O–H groups in total. The lowest BCUT2D eigenvalue weighted by atomic mass is 9.77. The minimum atomic E-state index is -0.526. The van der Waals surface area contributed by atoms with Crippen molar-refractivity contribution in [2.24, 2.45) is 0 Å². The molecule has 3 rings (SSSR count). The summed E-state index contributed by atoms with van der Waals surface area (Å²) in [4.78, 5) is 0. The molecule has 0 aromatic heterocycles. The van der Waals surface area contributed by atoms with E-state index in [0.717, 1.165) is 16.7 Å². The van der Waals surface area contributed by atoms with Crippen LogP contribution < -0.4 is 9.47 Å². The van der Waals surface area contributed by atoms with E-state index in [4.69, 9.17) is 18.9 Å². The molecule has 7 nitrogen and oxygen atoms in total. The lowest BCUT2D eigenvalue weighted by molar-refractivity contribution is -0.0551. The molecule has 3 aromatic carbocycles. The van der Waals surface area contributed by atoms with Crippen molar-refractivity contribution in [1.29, 1.82) is 0 Å². The SMILES string of the molecule is CC(CO)Oc1ccc(C(C)(COCC(CO)OCc2ccccc2)c2ccc(OC(C)CO)cc2)cc1. The molecule has 0 aliphatic rings. The monoisotopic (exact) mass is 524 g/mol. The molecular weight excluding hydrogens is 484 g/mol. The standard InChI is InChI=1S/C31H40O7/c1-23(17-32)37-28-13-9-26(10-14-28)31(3,27-11-15-29(16-12-27)38-24(2)18-33)22-35-21-30(19-34)36-20-25-7-5-4-6-8-25/h4-16,23-24,30,32-34H,17-22H2,1-3H3. The lowest BCUT2D eigenvalue weighted by Crippen LogP contribution is -2.33. The molecule has 38 heavy (non-hydrogen) atoms. The van der Waals surface area contributed by atoms with Gasteiger partial charge in [-0.05, 0) is 61.7 Å². The van der Waals surface area contributed by atoms with E-state index in [0.29, 0.717) is 24.7 Å². The van der Waals surface area contributed by atoms with Gasteiger partial charge in [-0.2, -0.15) is 0 Å². The average molecular weight is 525 g/mol. The molecule has 0 spiro atoms. The molecular formula is C31H40O7. The first-order valence-corrected chi connectivity index (χ1v) is 13.0. The van der Waals surface area contributed by atoms with Gasteiger partial charge in [0.2, 0.25) is 0 Å². The van der Waals surface area contributed by atoms with Crippen LogP contribution in [0.4, 0.5) is 0 Å². The molecule has 3 atom stereocenters. The van der Waals surface area contributed by atoms with Gasteiger partial charge in [0.1, 0.15) is 29.8 Å². The van der Waals surface area contributed by atoms with Crippen LogP contribution in [0.15, 0.2) is 78.9 Å². The van der Waals surface area contributed by atoms with Crippen molar-refractivity contribution < 1.29 is 34.3 Å². The van der Waals surface area contributed by atoms with E-state index in [1.54, 1.807) is 0 Å². The van der Waals surface area contributed by atoms with E-state index in [9.17, 15) is 15.3 Å². The molecule has 0 amide bonds. The van der Waals surface area contributed by atoms with Crippen LogP contribution in [-0.2, 0) is 21.5 Å². The first-order valence-electron chi connectivity index (χ1n) is 13.0. The predicted molar refractivity (Wildman–Crippen MR) is 147 cm³/mol. The Bertz CT molecular complexity index is 998. The van der Waals surface area contributed by atoms with Crippen molar-refractivity contribution in [3.63, 3.8) is 0 Å². The Kier molecular flexibility index (Phi) is 11.6. The number of benzene rings is 3. The molecule has 0 heterocycles. The highest BCUT2D eigenvalue weighted by molar-refractivity contribution is 5.43. The third kappa shape index (κ3) is 8.55. The summed E-state index contributed by atoms with van der Waals surface area (Å²) < 4.78 is 23.5. The zero-order chi connectivity index (χ0) is 27.4. The molecule has 0 bridgehead atoms. The van der Waals surface area contributed by atoms with Gasteiger partial charge in [0.25, 0.3) is 0 Å². The number of hydrogen-bond donors (Lipinski definition) is 3. The minimum Gasteiger partial charge on any atom is -0.488 e. The van der Waals surface area contributed by atoms with Crippen LogP contribution in [0, 0.1) is 0 Å². The molecule has 0 fully saturated rings. The van der Waals surface area contributed by atoms with Crippen LogP contribution in [0.5, 0.6) is 11.5 Å². The van der Waals surface area contributed by atoms with Crippen LogP contribution in [0.1, 0.15) is 37.5 Å². The maximum absolute atomic E-state index is 9.84. The van der Waals surface area contributed by atoms with Crippen molar-refractivity contribution in [3.05, 3.63) is 95.6 Å². The van der Waals surface area contributed by atoms with E-state index in [-0.39, 0.29) is 38.6 Å².